The van der Waals surface area contributed by atoms with Gasteiger partial charge in [0, 0.05) is 6.54 Å². The van der Waals surface area contributed by atoms with Crippen LogP contribution >= 0.6 is 0 Å². The Morgan fingerprint density at radius 2 is 1.22 bits per heavy atom. The number of aliphatic imine (C=N–C) groups is 1. The molecule has 17 nitrogen and oxygen atoms in total. The molecule has 3 amide bonds. The van der Waals surface area contributed by atoms with Crippen molar-refractivity contribution < 1.29 is 44.1 Å². The molecule has 0 aliphatic heterocycles. The molecule has 0 heterocycles. The van der Waals surface area contributed by atoms with Crippen molar-refractivity contribution in [1.29, 1.82) is 0 Å². The van der Waals surface area contributed by atoms with Gasteiger partial charge in [0.2, 0.25) is 17.7 Å². The summed E-state index contributed by atoms with van der Waals surface area (Å²) in [5.74, 6) is -7.38. The van der Waals surface area contributed by atoms with Crippen LogP contribution in [0.3, 0.4) is 0 Å². The van der Waals surface area contributed by atoms with Crippen LogP contribution in [0.15, 0.2) is 4.99 Å². The Morgan fingerprint density at radius 3 is 1.73 bits per heavy atom. The van der Waals surface area contributed by atoms with Gasteiger partial charge in [-0.3, -0.25) is 29.0 Å². The van der Waals surface area contributed by atoms with Crippen molar-refractivity contribution in [2.45, 2.75) is 69.1 Å². The molecule has 0 saturated carbocycles. The van der Waals surface area contributed by atoms with Gasteiger partial charge in [0.25, 0.3) is 0 Å². The monoisotopic (exact) mass is 532 g/mol. The highest BCUT2D eigenvalue weighted by Gasteiger charge is 2.31. The van der Waals surface area contributed by atoms with Crippen molar-refractivity contribution in [2.24, 2.45) is 27.9 Å². The Morgan fingerprint density at radius 1 is 0.703 bits per heavy atom. The zero-order chi connectivity index (χ0) is 28.5. The van der Waals surface area contributed by atoms with Gasteiger partial charge < -0.3 is 54.2 Å². The number of hydrogen-bond acceptors (Lipinski definition) is 9. The zero-order valence-electron chi connectivity index (χ0n) is 20.2. The fourth-order valence-corrected chi connectivity index (χ4v) is 3.01. The van der Waals surface area contributed by atoms with Crippen LogP contribution in [-0.2, 0) is 28.8 Å². The lowest BCUT2D eigenvalue weighted by Crippen LogP contribution is -2.57. The molecule has 0 aliphatic rings. The van der Waals surface area contributed by atoms with Crippen molar-refractivity contribution in [3.8, 4) is 0 Å². The molecular weight excluding hydrogens is 496 g/mol. The highest BCUT2D eigenvalue weighted by molar-refractivity contribution is 5.96. The van der Waals surface area contributed by atoms with Gasteiger partial charge in [-0.15, -0.1) is 0 Å². The number of hydrogen-bond donors (Lipinski definition) is 10. The number of rotatable bonds is 19. The second-order valence-corrected chi connectivity index (χ2v) is 8.06. The molecule has 0 aliphatic carbocycles. The summed E-state index contributed by atoms with van der Waals surface area (Å²) in [5.41, 5.74) is 21.3. The van der Waals surface area contributed by atoms with Crippen molar-refractivity contribution in [3.63, 3.8) is 0 Å². The minimum atomic E-state index is -1.69. The number of nitrogens with two attached hydrogens (primary N) is 4. The molecular formula is C20H36N8O9. The molecule has 4 unspecified atom stereocenters. The number of guanidine groups is 1. The molecule has 0 aromatic rings. The zero-order valence-corrected chi connectivity index (χ0v) is 20.2. The number of carboxylic acid groups (broad SMARTS) is 3. The third-order valence-electron chi connectivity index (χ3n) is 4.88. The van der Waals surface area contributed by atoms with Crippen molar-refractivity contribution in [3.05, 3.63) is 0 Å². The summed E-state index contributed by atoms with van der Waals surface area (Å²) in [6, 6.07) is -5.87. The maximum atomic E-state index is 12.9. The van der Waals surface area contributed by atoms with E-state index in [9.17, 15) is 39.0 Å². The molecule has 0 aromatic carbocycles. The van der Waals surface area contributed by atoms with E-state index in [0.717, 1.165) is 0 Å². The highest BCUT2D eigenvalue weighted by Crippen LogP contribution is 2.06. The van der Waals surface area contributed by atoms with E-state index in [4.69, 9.17) is 28.0 Å². The summed E-state index contributed by atoms with van der Waals surface area (Å²) in [6.45, 7) is 0.371. The number of nitrogens with zero attached hydrogens (tertiary/aromatic N) is 1. The van der Waals surface area contributed by atoms with Crippen molar-refractivity contribution in [1.82, 2.24) is 16.0 Å². The Bertz CT molecular complexity index is 848. The summed E-state index contributed by atoms with van der Waals surface area (Å²) < 4.78 is 0. The third-order valence-corrected chi connectivity index (χ3v) is 4.88. The SMILES string of the molecule is NCCCCC(NC(=O)C(N)CC(=O)O)C(=O)NC(CC(=O)O)C(=O)NC(CCCN=C(N)N)C(=O)O. The van der Waals surface area contributed by atoms with E-state index in [1.807, 2.05) is 0 Å². The molecule has 17 heteroatoms. The van der Waals surface area contributed by atoms with Gasteiger partial charge in [-0.05, 0) is 38.6 Å². The van der Waals surface area contributed by atoms with Crippen LogP contribution < -0.4 is 38.9 Å². The molecule has 37 heavy (non-hydrogen) atoms. The van der Waals surface area contributed by atoms with Gasteiger partial charge in [0.05, 0.1) is 18.9 Å². The van der Waals surface area contributed by atoms with E-state index in [1.54, 1.807) is 0 Å². The summed E-state index contributed by atoms with van der Waals surface area (Å²) >= 11 is 0. The molecule has 0 fully saturated rings. The lowest BCUT2D eigenvalue weighted by atomic mass is 10.1. The Hall–Kier alpha value is -3.99. The standard InChI is InChI=1S/C20H36N8O9/c21-6-2-1-4-11(26-16(33)10(22)8-14(29)30)17(34)28-13(9-15(31)32)18(35)27-12(19(36)37)5-3-7-25-20(23)24/h10-13H,1-9,21-22H2,(H,26,33)(H,27,35)(H,28,34)(H,29,30)(H,31,32)(H,36,37)(H4,23,24,25). The summed E-state index contributed by atoms with van der Waals surface area (Å²) in [5, 5.41) is 34.0. The van der Waals surface area contributed by atoms with E-state index in [-0.39, 0.29) is 38.3 Å². The van der Waals surface area contributed by atoms with Crippen LogP contribution in [0.4, 0.5) is 0 Å². The Labute approximate surface area is 212 Å². The van der Waals surface area contributed by atoms with E-state index in [0.29, 0.717) is 12.8 Å². The first-order chi connectivity index (χ1) is 17.3. The summed E-state index contributed by atoms with van der Waals surface area (Å²) in [7, 11) is 0. The molecule has 0 spiro atoms. The van der Waals surface area contributed by atoms with E-state index in [2.05, 4.69) is 20.9 Å². The van der Waals surface area contributed by atoms with Gasteiger partial charge in [0.15, 0.2) is 5.96 Å². The lowest BCUT2D eigenvalue weighted by molar-refractivity contribution is -0.143. The largest absolute Gasteiger partial charge is 0.481 e. The van der Waals surface area contributed by atoms with Gasteiger partial charge in [-0.25, -0.2) is 4.79 Å². The topological polar surface area (TPSA) is 316 Å². The van der Waals surface area contributed by atoms with Gasteiger partial charge >= 0.3 is 17.9 Å². The average Bonchev–Trinajstić information content (AvgIpc) is 2.78. The highest BCUT2D eigenvalue weighted by atomic mass is 16.4. The second kappa shape index (κ2) is 17.4. The molecule has 0 aromatic heterocycles. The minimum Gasteiger partial charge on any atom is -0.481 e. The van der Waals surface area contributed by atoms with Crippen LogP contribution in [0.2, 0.25) is 0 Å². The number of aliphatic carboxylic acids is 3. The quantitative estimate of drug-likeness (QED) is 0.0431. The average molecular weight is 533 g/mol. The number of carbonyl (C=O) groups excluding carboxylic acids is 3. The van der Waals surface area contributed by atoms with Crippen LogP contribution in [0, 0.1) is 0 Å². The number of unbranched alkanes of at least 4 members (excludes halogenated alkanes) is 1. The lowest BCUT2D eigenvalue weighted by Gasteiger charge is -2.24. The smallest absolute Gasteiger partial charge is 0.326 e. The first-order valence-electron chi connectivity index (χ1n) is 11.4. The van der Waals surface area contributed by atoms with E-state index in [1.165, 1.54) is 0 Å². The number of carboxylic acids is 3. The number of amides is 3. The number of carbonyl (C=O) groups is 6. The molecule has 210 valence electrons. The molecule has 0 rings (SSSR count). The van der Waals surface area contributed by atoms with Crippen LogP contribution in [0.25, 0.3) is 0 Å². The Balaban J connectivity index is 5.51. The molecule has 0 radical (unpaired) electrons. The molecule has 0 saturated heterocycles. The van der Waals surface area contributed by atoms with Crippen molar-refractivity contribution in [2.75, 3.05) is 13.1 Å². The summed E-state index contributed by atoms with van der Waals surface area (Å²) in [4.78, 5) is 75.1. The molecule has 14 N–H and O–H groups in total. The van der Waals surface area contributed by atoms with Gasteiger partial charge in [-0.2, -0.15) is 0 Å². The van der Waals surface area contributed by atoms with Crippen molar-refractivity contribution >= 4 is 41.6 Å². The van der Waals surface area contributed by atoms with E-state index < -0.39 is 72.6 Å². The van der Waals surface area contributed by atoms with Crippen LogP contribution in [0.1, 0.15) is 44.9 Å². The third kappa shape index (κ3) is 14.9. The van der Waals surface area contributed by atoms with Gasteiger partial charge in [-0.1, -0.05) is 0 Å². The summed E-state index contributed by atoms with van der Waals surface area (Å²) in [6.07, 6.45) is -0.650. The minimum absolute atomic E-state index is 0.0263. The maximum Gasteiger partial charge on any atom is 0.326 e. The number of nitrogens with one attached hydrogen (secondary N) is 3. The first kappa shape index (κ1) is 33.0. The Kier molecular flexibility index (Phi) is 15.6. The second-order valence-electron chi connectivity index (χ2n) is 8.06. The molecule has 4 atom stereocenters. The van der Waals surface area contributed by atoms with E-state index >= 15 is 0 Å². The maximum absolute atomic E-state index is 12.9. The normalized spacial score (nSPS) is 13.8. The van der Waals surface area contributed by atoms with Crippen LogP contribution in [-0.4, -0.2) is 94.2 Å². The predicted molar refractivity (Wildman–Crippen MR) is 129 cm³/mol. The first-order valence-corrected chi connectivity index (χ1v) is 11.4. The fourth-order valence-electron chi connectivity index (χ4n) is 3.01. The van der Waals surface area contributed by atoms with Crippen LogP contribution in [0.5, 0.6) is 0 Å². The predicted octanol–water partition coefficient (Wildman–Crippen LogP) is -4.02. The van der Waals surface area contributed by atoms with Gasteiger partial charge in [0.1, 0.15) is 18.1 Å². The molecule has 0 bridgehead atoms. The fraction of sp³-hybridized carbons (Fsp3) is 0.650.